The van der Waals surface area contributed by atoms with E-state index in [-0.39, 0.29) is 11.5 Å². The lowest BCUT2D eigenvalue weighted by Crippen LogP contribution is -2.11. The molecule has 0 unspecified atom stereocenters. The Kier molecular flexibility index (Phi) is 4.81. The van der Waals surface area contributed by atoms with Crippen molar-refractivity contribution >= 4 is 21.4 Å². The van der Waals surface area contributed by atoms with Gasteiger partial charge in [0, 0.05) is 5.02 Å². The summed E-state index contributed by atoms with van der Waals surface area (Å²) in [4.78, 5) is 0. The van der Waals surface area contributed by atoms with Crippen molar-refractivity contribution in [2.45, 2.75) is 26.0 Å². The van der Waals surface area contributed by atoms with Crippen molar-refractivity contribution < 1.29 is 8.42 Å². The van der Waals surface area contributed by atoms with Crippen LogP contribution in [0, 0.1) is 5.92 Å². The maximum atomic E-state index is 11.8. The maximum Gasteiger partial charge on any atom is 0.154 e. The minimum atomic E-state index is -3.01. The first-order valence-electron chi connectivity index (χ1n) is 5.34. The Bertz CT molecular complexity index is 438. The highest BCUT2D eigenvalue weighted by atomic mass is 35.5. The summed E-state index contributed by atoms with van der Waals surface area (Å²) in [5.74, 6) is 0.742. The van der Waals surface area contributed by atoms with Crippen LogP contribution in [0.5, 0.6) is 0 Å². The number of hydrogen-bond acceptors (Lipinski definition) is 2. The number of benzene rings is 1. The number of hydrogen-bond donors (Lipinski definition) is 0. The van der Waals surface area contributed by atoms with Crippen molar-refractivity contribution in [3.05, 3.63) is 34.9 Å². The van der Waals surface area contributed by atoms with Crippen LogP contribution in [0.2, 0.25) is 5.02 Å². The Morgan fingerprint density at radius 2 is 2.00 bits per heavy atom. The molecule has 0 aliphatic rings. The summed E-state index contributed by atoms with van der Waals surface area (Å²) in [5.41, 5.74) is 0.760. The summed E-state index contributed by atoms with van der Waals surface area (Å²) in [6, 6.07) is 7.01. The van der Waals surface area contributed by atoms with E-state index in [1.165, 1.54) is 0 Å². The lowest BCUT2D eigenvalue weighted by Gasteiger charge is -2.06. The highest BCUT2D eigenvalue weighted by molar-refractivity contribution is 7.90. The summed E-state index contributed by atoms with van der Waals surface area (Å²) >= 11 is 5.81. The van der Waals surface area contributed by atoms with Gasteiger partial charge in [-0.2, -0.15) is 0 Å². The summed E-state index contributed by atoms with van der Waals surface area (Å²) < 4.78 is 23.5. The van der Waals surface area contributed by atoms with Gasteiger partial charge >= 0.3 is 0 Å². The summed E-state index contributed by atoms with van der Waals surface area (Å²) in [7, 11) is -3.01. The van der Waals surface area contributed by atoms with Crippen LogP contribution in [0.4, 0.5) is 0 Å². The summed E-state index contributed by atoms with van der Waals surface area (Å²) in [5, 5.41) is 0.580. The molecule has 0 aromatic heterocycles. The second kappa shape index (κ2) is 5.69. The first-order valence-corrected chi connectivity index (χ1v) is 7.54. The molecule has 2 nitrogen and oxygen atoms in total. The predicted octanol–water partition coefficient (Wildman–Crippen LogP) is 3.30. The molecule has 0 aliphatic heterocycles. The van der Waals surface area contributed by atoms with Crippen LogP contribution in [0.15, 0.2) is 24.3 Å². The molecule has 0 aliphatic carbocycles. The Morgan fingerprint density at radius 1 is 1.31 bits per heavy atom. The van der Waals surface area contributed by atoms with Crippen LogP contribution >= 0.6 is 11.6 Å². The average Bonchev–Trinajstić information content (AvgIpc) is 2.14. The van der Waals surface area contributed by atoms with Crippen molar-refractivity contribution in [1.29, 1.82) is 0 Å². The van der Waals surface area contributed by atoms with E-state index in [0.717, 1.165) is 5.56 Å². The molecule has 4 heteroatoms. The highest BCUT2D eigenvalue weighted by Crippen LogP contribution is 2.14. The van der Waals surface area contributed by atoms with Crippen LogP contribution in [-0.4, -0.2) is 14.2 Å². The third kappa shape index (κ3) is 4.99. The molecular formula is C12H17ClO2S. The number of sulfone groups is 1. The molecule has 90 valence electrons. The Hall–Kier alpha value is -0.540. The smallest absolute Gasteiger partial charge is 0.154 e. The number of halogens is 1. The Balaban J connectivity index is 2.66. The predicted molar refractivity (Wildman–Crippen MR) is 68.4 cm³/mol. The van der Waals surface area contributed by atoms with Gasteiger partial charge in [-0.25, -0.2) is 8.42 Å². The SMILES string of the molecule is CC(C)CCS(=O)(=O)Cc1cccc(Cl)c1. The fraction of sp³-hybridized carbons (Fsp3) is 0.500. The normalized spacial score (nSPS) is 12.0. The van der Waals surface area contributed by atoms with E-state index >= 15 is 0 Å². The topological polar surface area (TPSA) is 34.1 Å². The maximum absolute atomic E-state index is 11.8. The lowest BCUT2D eigenvalue weighted by atomic mass is 10.2. The fourth-order valence-electron chi connectivity index (χ4n) is 1.37. The van der Waals surface area contributed by atoms with Crippen molar-refractivity contribution in [2.24, 2.45) is 5.92 Å². The minimum absolute atomic E-state index is 0.0836. The van der Waals surface area contributed by atoms with Crippen LogP contribution < -0.4 is 0 Å². The quantitative estimate of drug-likeness (QED) is 0.814. The van der Waals surface area contributed by atoms with Gasteiger partial charge in [-0.1, -0.05) is 37.6 Å². The van der Waals surface area contributed by atoms with Gasteiger partial charge in [0.2, 0.25) is 0 Å². The Labute approximate surface area is 103 Å². The van der Waals surface area contributed by atoms with E-state index in [1.54, 1.807) is 24.3 Å². The monoisotopic (exact) mass is 260 g/mol. The average molecular weight is 261 g/mol. The van der Waals surface area contributed by atoms with Gasteiger partial charge in [-0.05, 0) is 30.0 Å². The molecule has 0 spiro atoms. The first-order chi connectivity index (χ1) is 7.39. The lowest BCUT2D eigenvalue weighted by molar-refractivity contribution is 0.573. The Morgan fingerprint density at radius 3 is 2.56 bits per heavy atom. The van der Waals surface area contributed by atoms with Gasteiger partial charge < -0.3 is 0 Å². The first kappa shape index (κ1) is 13.5. The zero-order valence-corrected chi connectivity index (χ0v) is 11.2. The molecule has 0 saturated carbocycles. The van der Waals surface area contributed by atoms with E-state index in [2.05, 4.69) is 0 Å². The van der Waals surface area contributed by atoms with E-state index in [1.807, 2.05) is 13.8 Å². The fourth-order valence-corrected chi connectivity index (χ4v) is 3.24. The third-order valence-electron chi connectivity index (χ3n) is 2.28. The van der Waals surface area contributed by atoms with Gasteiger partial charge in [0.1, 0.15) is 0 Å². The van der Waals surface area contributed by atoms with E-state index in [9.17, 15) is 8.42 Å². The molecule has 0 radical (unpaired) electrons. The van der Waals surface area contributed by atoms with E-state index in [4.69, 9.17) is 11.6 Å². The van der Waals surface area contributed by atoms with Crippen molar-refractivity contribution in [2.75, 3.05) is 5.75 Å². The van der Waals surface area contributed by atoms with Crippen LogP contribution in [-0.2, 0) is 15.6 Å². The molecule has 16 heavy (non-hydrogen) atoms. The van der Waals surface area contributed by atoms with Gasteiger partial charge in [0.05, 0.1) is 11.5 Å². The largest absolute Gasteiger partial charge is 0.228 e. The summed E-state index contributed by atoms with van der Waals surface area (Å²) in [6.07, 6.45) is 0.711. The van der Waals surface area contributed by atoms with Gasteiger partial charge in [-0.15, -0.1) is 0 Å². The van der Waals surface area contributed by atoms with Crippen LogP contribution in [0.1, 0.15) is 25.8 Å². The van der Waals surface area contributed by atoms with Crippen molar-refractivity contribution in [3.8, 4) is 0 Å². The molecule has 0 amide bonds. The molecule has 0 saturated heterocycles. The van der Waals surface area contributed by atoms with Crippen molar-refractivity contribution in [1.82, 2.24) is 0 Å². The molecule has 0 fully saturated rings. The van der Waals surface area contributed by atoms with Crippen LogP contribution in [0.25, 0.3) is 0 Å². The van der Waals surface area contributed by atoms with Crippen LogP contribution in [0.3, 0.4) is 0 Å². The zero-order chi connectivity index (χ0) is 12.2. The molecule has 1 aromatic carbocycles. The second-order valence-corrected chi connectivity index (χ2v) is 7.02. The van der Waals surface area contributed by atoms with E-state index in [0.29, 0.717) is 17.4 Å². The van der Waals surface area contributed by atoms with Gasteiger partial charge in [-0.3, -0.25) is 0 Å². The highest BCUT2D eigenvalue weighted by Gasteiger charge is 2.12. The van der Waals surface area contributed by atoms with E-state index < -0.39 is 9.84 Å². The molecule has 1 aromatic rings. The zero-order valence-electron chi connectivity index (χ0n) is 9.61. The molecule has 0 N–H and O–H groups in total. The van der Waals surface area contributed by atoms with Gasteiger partial charge in [0.25, 0.3) is 0 Å². The van der Waals surface area contributed by atoms with Crippen molar-refractivity contribution in [3.63, 3.8) is 0 Å². The third-order valence-corrected chi connectivity index (χ3v) is 4.15. The standard InChI is InChI=1S/C12H17ClO2S/c1-10(2)6-7-16(14,15)9-11-4-3-5-12(13)8-11/h3-5,8,10H,6-7,9H2,1-2H3. The summed E-state index contributed by atoms with van der Waals surface area (Å²) in [6.45, 7) is 4.05. The molecular weight excluding hydrogens is 244 g/mol. The molecule has 0 atom stereocenters. The minimum Gasteiger partial charge on any atom is -0.228 e. The number of rotatable bonds is 5. The molecule has 0 bridgehead atoms. The second-order valence-electron chi connectivity index (χ2n) is 4.40. The van der Waals surface area contributed by atoms with Gasteiger partial charge in [0.15, 0.2) is 9.84 Å². The molecule has 0 heterocycles. The molecule has 1 rings (SSSR count).